The Morgan fingerprint density at radius 1 is 1.29 bits per heavy atom. The lowest BCUT2D eigenvalue weighted by Crippen LogP contribution is -2.33. The minimum absolute atomic E-state index is 0.0714. The molecule has 0 atom stereocenters. The van der Waals surface area contributed by atoms with Crippen LogP contribution in [0.1, 0.15) is 41.2 Å². The van der Waals surface area contributed by atoms with E-state index in [0.29, 0.717) is 23.0 Å². The molecule has 0 bridgehead atoms. The predicted molar refractivity (Wildman–Crippen MR) is 113 cm³/mol. The number of rotatable bonds is 7. The summed E-state index contributed by atoms with van der Waals surface area (Å²) in [4.78, 5) is 25.7. The Kier molecular flexibility index (Phi) is 6.36. The molecule has 0 aliphatic carbocycles. The van der Waals surface area contributed by atoms with Crippen LogP contribution < -0.4 is 10.6 Å². The molecule has 6 nitrogen and oxygen atoms in total. The lowest BCUT2D eigenvalue weighted by Gasteiger charge is -2.08. The first kappa shape index (κ1) is 20.4. The van der Waals surface area contributed by atoms with Crippen molar-refractivity contribution in [2.24, 2.45) is 0 Å². The maximum atomic E-state index is 12.5. The molecule has 1 aromatic carbocycles. The first-order valence-corrected chi connectivity index (χ1v) is 10.3. The van der Waals surface area contributed by atoms with Crippen LogP contribution in [0.3, 0.4) is 0 Å². The number of hydrogen-bond donors (Lipinski definition) is 2. The van der Waals surface area contributed by atoms with Crippen LogP contribution >= 0.6 is 22.9 Å². The molecule has 2 N–H and O–H groups in total. The molecular formula is C20H23ClN4O2S. The third-order valence-corrected chi connectivity index (χ3v) is 5.71. The number of nitrogens with zero attached hydrogens (tertiary/aromatic N) is 2. The minimum Gasteiger partial charge on any atom is -0.354 e. The van der Waals surface area contributed by atoms with Gasteiger partial charge in [-0.3, -0.25) is 14.3 Å². The zero-order valence-corrected chi connectivity index (χ0v) is 17.7. The van der Waals surface area contributed by atoms with Crippen molar-refractivity contribution in [2.45, 2.75) is 39.8 Å². The molecule has 148 valence electrons. The average molecular weight is 419 g/mol. The van der Waals surface area contributed by atoms with E-state index < -0.39 is 0 Å². The number of amides is 2. The summed E-state index contributed by atoms with van der Waals surface area (Å²) in [6, 6.07) is 9.61. The molecule has 0 fully saturated rings. The van der Waals surface area contributed by atoms with E-state index in [1.807, 2.05) is 55.8 Å². The standard InChI is InChI=1S/C20H23ClN4O2S/c1-12(2)23-18(26)8-9-22-19(27)17-10-15-13(3)24-25(20(15)28-17)11-14-6-4-5-7-16(14)21/h4-7,10,12H,8-9,11H2,1-3H3,(H,22,27)(H,23,26). The summed E-state index contributed by atoms with van der Waals surface area (Å²) in [5, 5.41) is 11.9. The Hall–Kier alpha value is -2.38. The van der Waals surface area contributed by atoms with E-state index in [1.165, 1.54) is 11.3 Å². The van der Waals surface area contributed by atoms with Crippen LogP contribution in [-0.4, -0.2) is 34.2 Å². The van der Waals surface area contributed by atoms with E-state index in [-0.39, 0.29) is 24.3 Å². The maximum Gasteiger partial charge on any atom is 0.261 e. The van der Waals surface area contributed by atoms with Gasteiger partial charge in [0.2, 0.25) is 5.91 Å². The van der Waals surface area contributed by atoms with E-state index in [4.69, 9.17) is 11.6 Å². The molecule has 0 saturated heterocycles. The van der Waals surface area contributed by atoms with Crippen molar-refractivity contribution in [3.63, 3.8) is 0 Å². The lowest BCUT2D eigenvalue weighted by molar-refractivity contribution is -0.121. The lowest BCUT2D eigenvalue weighted by atomic mass is 10.2. The topological polar surface area (TPSA) is 76.0 Å². The van der Waals surface area contributed by atoms with Gasteiger partial charge < -0.3 is 10.6 Å². The van der Waals surface area contributed by atoms with Crippen LogP contribution in [0.4, 0.5) is 0 Å². The van der Waals surface area contributed by atoms with Gasteiger partial charge in [0.25, 0.3) is 5.91 Å². The van der Waals surface area contributed by atoms with Gasteiger partial charge in [0, 0.05) is 29.4 Å². The molecule has 0 radical (unpaired) electrons. The zero-order chi connectivity index (χ0) is 20.3. The Balaban J connectivity index is 1.71. The molecule has 8 heteroatoms. The molecule has 0 spiro atoms. The smallest absolute Gasteiger partial charge is 0.261 e. The average Bonchev–Trinajstić information content (AvgIpc) is 3.18. The Morgan fingerprint density at radius 2 is 2.04 bits per heavy atom. The molecule has 0 aliphatic rings. The summed E-state index contributed by atoms with van der Waals surface area (Å²) < 4.78 is 1.88. The second-order valence-electron chi connectivity index (χ2n) is 6.89. The van der Waals surface area contributed by atoms with Crippen LogP contribution in [0.25, 0.3) is 10.2 Å². The van der Waals surface area contributed by atoms with Gasteiger partial charge >= 0.3 is 0 Å². The monoisotopic (exact) mass is 418 g/mol. The largest absolute Gasteiger partial charge is 0.354 e. The fourth-order valence-electron chi connectivity index (χ4n) is 2.89. The van der Waals surface area contributed by atoms with Crippen LogP contribution in [0, 0.1) is 6.92 Å². The summed E-state index contributed by atoms with van der Waals surface area (Å²) in [5.41, 5.74) is 1.85. The Labute approximate surface area is 172 Å². The van der Waals surface area contributed by atoms with Crippen molar-refractivity contribution in [3.05, 3.63) is 51.5 Å². The van der Waals surface area contributed by atoms with Crippen LogP contribution in [-0.2, 0) is 11.3 Å². The molecule has 0 saturated carbocycles. The maximum absolute atomic E-state index is 12.5. The fourth-order valence-corrected chi connectivity index (χ4v) is 4.16. The molecule has 28 heavy (non-hydrogen) atoms. The second kappa shape index (κ2) is 8.75. The van der Waals surface area contributed by atoms with Crippen LogP contribution in [0.15, 0.2) is 30.3 Å². The van der Waals surface area contributed by atoms with Crippen molar-refractivity contribution < 1.29 is 9.59 Å². The van der Waals surface area contributed by atoms with E-state index in [9.17, 15) is 9.59 Å². The summed E-state index contributed by atoms with van der Waals surface area (Å²) in [6.45, 7) is 6.58. The van der Waals surface area contributed by atoms with Crippen molar-refractivity contribution in [3.8, 4) is 0 Å². The van der Waals surface area contributed by atoms with E-state index >= 15 is 0 Å². The Morgan fingerprint density at radius 3 is 2.75 bits per heavy atom. The number of hydrogen-bond acceptors (Lipinski definition) is 4. The number of aryl methyl sites for hydroxylation is 1. The van der Waals surface area contributed by atoms with Gasteiger partial charge in [-0.15, -0.1) is 11.3 Å². The highest BCUT2D eigenvalue weighted by Gasteiger charge is 2.17. The first-order chi connectivity index (χ1) is 13.3. The van der Waals surface area contributed by atoms with Gasteiger partial charge in [-0.2, -0.15) is 5.10 Å². The zero-order valence-electron chi connectivity index (χ0n) is 16.1. The summed E-state index contributed by atoms with van der Waals surface area (Å²) >= 11 is 7.66. The third-order valence-electron chi connectivity index (χ3n) is 4.20. The SMILES string of the molecule is Cc1nn(Cc2ccccc2Cl)c2sc(C(=O)NCCC(=O)NC(C)C)cc12. The van der Waals surface area contributed by atoms with Gasteiger partial charge in [0.15, 0.2) is 0 Å². The molecule has 3 aromatic rings. The van der Waals surface area contributed by atoms with Crippen molar-refractivity contribution in [1.29, 1.82) is 0 Å². The molecule has 2 amide bonds. The number of aromatic nitrogens is 2. The number of thiophene rings is 1. The van der Waals surface area contributed by atoms with E-state index in [2.05, 4.69) is 15.7 Å². The number of nitrogens with one attached hydrogen (secondary N) is 2. The normalized spacial score (nSPS) is 11.2. The molecule has 0 unspecified atom stereocenters. The highest BCUT2D eigenvalue weighted by molar-refractivity contribution is 7.20. The van der Waals surface area contributed by atoms with Crippen molar-refractivity contribution in [1.82, 2.24) is 20.4 Å². The van der Waals surface area contributed by atoms with E-state index in [1.54, 1.807) is 0 Å². The molecule has 2 heterocycles. The minimum atomic E-state index is -0.178. The van der Waals surface area contributed by atoms with Gasteiger partial charge in [-0.05, 0) is 38.5 Å². The van der Waals surface area contributed by atoms with Crippen LogP contribution in [0.2, 0.25) is 5.02 Å². The number of carbonyl (C=O) groups excluding carboxylic acids is 2. The van der Waals surface area contributed by atoms with Gasteiger partial charge in [0.1, 0.15) is 4.83 Å². The Bertz CT molecular complexity index is 1010. The summed E-state index contributed by atoms with van der Waals surface area (Å²) in [6.07, 6.45) is 0.258. The van der Waals surface area contributed by atoms with Gasteiger partial charge in [0.05, 0.1) is 17.1 Å². The number of fused-ring (bicyclic) bond motifs is 1. The molecule has 0 aliphatic heterocycles. The molecule has 3 rings (SSSR count). The number of benzene rings is 1. The highest BCUT2D eigenvalue weighted by atomic mass is 35.5. The van der Waals surface area contributed by atoms with E-state index in [0.717, 1.165) is 21.5 Å². The fraction of sp³-hybridized carbons (Fsp3) is 0.350. The molecule has 2 aromatic heterocycles. The van der Waals surface area contributed by atoms with Crippen molar-refractivity contribution in [2.75, 3.05) is 6.54 Å². The highest BCUT2D eigenvalue weighted by Crippen LogP contribution is 2.29. The molecular weight excluding hydrogens is 396 g/mol. The summed E-state index contributed by atoms with van der Waals surface area (Å²) in [7, 11) is 0. The third kappa shape index (κ3) is 4.72. The number of carbonyl (C=O) groups is 2. The second-order valence-corrected chi connectivity index (χ2v) is 8.33. The van der Waals surface area contributed by atoms with Crippen LogP contribution in [0.5, 0.6) is 0 Å². The quantitative estimate of drug-likeness (QED) is 0.613. The first-order valence-electron chi connectivity index (χ1n) is 9.13. The number of halogens is 1. The van der Waals surface area contributed by atoms with Crippen molar-refractivity contribution >= 4 is 45.0 Å². The van der Waals surface area contributed by atoms with Gasteiger partial charge in [-0.1, -0.05) is 29.8 Å². The summed E-state index contributed by atoms with van der Waals surface area (Å²) in [5.74, 6) is -0.250. The van der Waals surface area contributed by atoms with Gasteiger partial charge in [-0.25, -0.2) is 0 Å². The predicted octanol–water partition coefficient (Wildman–Crippen LogP) is 3.75.